The summed E-state index contributed by atoms with van der Waals surface area (Å²) in [6.07, 6.45) is -1.38. The molecule has 0 fully saturated rings. The minimum Gasteiger partial charge on any atom is -0.478 e. The molecule has 2 aromatic rings. The van der Waals surface area contributed by atoms with E-state index in [1.54, 1.807) is 0 Å². The summed E-state index contributed by atoms with van der Waals surface area (Å²) in [4.78, 5) is 14.3. The molecule has 8 heteroatoms. The maximum absolute atomic E-state index is 12.5. The standard InChI is InChI=1S/C10H6F3N3O2/c11-10(12,13)7-1-2-14-8(3-7)16-5-6(4-15-16)9(17)18/h1-5H,(H,17,18). The minimum atomic E-state index is -4.49. The first-order chi connectivity index (χ1) is 8.38. The lowest BCUT2D eigenvalue weighted by molar-refractivity contribution is -0.137. The highest BCUT2D eigenvalue weighted by Gasteiger charge is 2.30. The highest BCUT2D eigenvalue weighted by atomic mass is 19.4. The second-order valence-corrected chi connectivity index (χ2v) is 3.38. The smallest absolute Gasteiger partial charge is 0.416 e. The highest BCUT2D eigenvalue weighted by Crippen LogP contribution is 2.29. The van der Waals surface area contributed by atoms with E-state index < -0.39 is 17.7 Å². The van der Waals surface area contributed by atoms with Gasteiger partial charge in [0.2, 0.25) is 0 Å². The molecule has 2 rings (SSSR count). The van der Waals surface area contributed by atoms with Gasteiger partial charge < -0.3 is 5.11 Å². The molecule has 0 saturated heterocycles. The third kappa shape index (κ3) is 2.31. The Balaban J connectivity index is 2.41. The molecule has 0 saturated carbocycles. The van der Waals surface area contributed by atoms with Crippen LogP contribution in [-0.4, -0.2) is 25.8 Å². The van der Waals surface area contributed by atoms with Crippen LogP contribution in [0.2, 0.25) is 0 Å². The first kappa shape index (κ1) is 12.1. The van der Waals surface area contributed by atoms with Gasteiger partial charge in [0.15, 0.2) is 5.82 Å². The summed E-state index contributed by atoms with van der Waals surface area (Å²) in [5.41, 5.74) is -1.01. The van der Waals surface area contributed by atoms with Crippen LogP contribution in [0.4, 0.5) is 13.2 Å². The van der Waals surface area contributed by atoms with E-state index in [-0.39, 0.29) is 11.4 Å². The fraction of sp³-hybridized carbons (Fsp3) is 0.100. The van der Waals surface area contributed by atoms with Crippen molar-refractivity contribution in [2.24, 2.45) is 0 Å². The van der Waals surface area contributed by atoms with Crippen LogP contribution < -0.4 is 0 Å². The fourth-order valence-electron chi connectivity index (χ4n) is 1.28. The van der Waals surface area contributed by atoms with Crippen molar-refractivity contribution in [3.63, 3.8) is 0 Å². The van der Waals surface area contributed by atoms with Crippen LogP contribution in [0.5, 0.6) is 0 Å². The molecule has 0 amide bonds. The molecule has 0 aliphatic carbocycles. The van der Waals surface area contributed by atoms with E-state index in [2.05, 4.69) is 10.1 Å². The topological polar surface area (TPSA) is 68.0 Å². The molecule has 2 aromatic heterocycles. The van der Waals surface area contributed by atoms with Gasteiger partial charge in [-0.15, -0.1) is 0 Å². The number of alkyl halides is 3. The molecular weight excluding hydrogens is 251 g/mol. The number of rotatable bonds is 2. The summed E-state index contributed by atoms with van der Waals surface area (Å²) in [5.74, 6) is -1.31. The number of hydrogen-bond acceptors (Lipinski definition) is 3. The SMILES string of the molecule is O=C(O)c1cnn(-c2cc(C(F)(F)F)ccn2)c1. The number of aromatic carboxylic acids is 1. The Morgan fingerprint density at radius 2 is 2.11 bits per heavy atom. The number of hydrogen-bond donors (Lipinski definition) is 1. The summed E-state index contributed by atoms with van der Waals surface area (Å²) >= 11 is 0. The van der Waals surface area contributed by atoms with Crippen molar-refractivity contribution in [2.75, 3.05) is 0 Å². The van der Waals surface area contributed by atoms with Gasteiger partial charge in [-0.25, -0.2) is 14.5 Å². The number of pyridine rings is 1. The van der Waals surface area contributed by atoms with E-state index in [0.29, 0.717) is 0 Å². The second-order valence-electron chi connectivity index (χ2n) is 3.38. The summed E-state index contributed by atoms with van der Waals surface area (Å²) < 4.78 is 38.4. The Kier molecular flexibility index (Phi) is 2.77. The second kappa shape index (κ2) is 4.13. The molecule has 0 atom stereocenters. The van der Waals surface area contributed by atoms with Gasteiger partial charge in [-0.1, -0.05) is 0 Å². The van der Waals surface area contributed by atoms with E-state index in [4.69, 9.17) is 5.11 Å². The van der Waals surface area contributed by atoms with Crippen molar-refractivity contribution < 1.29 is 23.1 Å². The van der Waals surface area contributed by atoms with Crippen LogP contribution >= 0.6 is 0 Å². The van der Waals surface area contributed by atoms with Crippen LogP contribution in [0.3, 0.4) is 0 Å². The van der Waals surface area contributed by atoms with Gasteiger partial charge in [-0.3, -0.25) is 0 Å². The maximum atomic E-state index is 12.5. The van der Waals surface area contributed by atoms with Crippen molar-refractivity contribution in [3.05, 3.63) is 41.9 Å². The van der Waals surface area contributed by atoms with Gasteiger partial charge in [0.25, 0.3) is 0 Å². The zero-order valence-electron chi connectivity index (χ0n) is 8.72. The van der Waals surface area contributed by atoms with Crippen molar-refractivity contribution in [1.82, 2.24) is 14.8 Å². The fourth-order valence-corrected chi connectivity index (χ4v) is 1.28. The number of nitrogens with zero attached hydrogens (tertiary/aromatic N) is 3. The normalized spacial score (nSPS) is 11.5. The van der Waals surface area contributed by atoms with Crippen LogP contribution in [0.1, 0.15) is 15.9 Å². The summed E-state index contributed by atoms with van der Waals surface area (Å²) in [6.45, 7) is 0. The van der Waals surface area contributed by atoms with E-state index in [1.807, 2.05) is 0 Å². The Hall–Kier alpha value is -2.38. The number of carbonyl (C=O) groups is 1. The lowest BCUT2D eigenvalue weighted by Gasteiger charge is -2.07. The Labute approximate surface area is 98.5 Å². The number of halogens is 3. The predicted molar refractivity (Wildman–Crippen MR) is 53.3 cm³/mol. The van der Waals surface area contributed by atoms with Crippen LogP contribution in [-0.2, 0) is 6.18 Å². The molecule has 1 N–H and O–H groups in total. The molecule has 0 bridgehead atoms. The van der Waals surface area contributed by atoms with E-state index in [9.17, 15) is 18.0 Å². The summed E-state index contributed by atoms with van der Waals surface area (Å²) in [5, 5.41) is 12.3. The number of carboxylic acids is 1. The number of aromatic nitrogens is 3. The quantitative estimate of drug-likeness (QED) is 0.893. The predicted octanol–water partition coefficient (Wildman–Crippen LogP) is 1.98. The van der Waals surface area contributed by atoms with Gasteiger partial charge in [0.05, 0.1) is 17.3 Å². The van der Waals surface area contributed by atoms with Gasteiger partial charge in [0.1, 0.15) is 0 Å². The van der Waals surface area contributed by atoms with Gasteiger partial charge >= 0.3 is 12.1 Å². The van der Waals surface area contributed by atoms with E-state index in [0.717, 1.165) is 35.4 Å². The molecule has 0 aromatic carbocycles. The maximum Gasteiger partial charge on any atom is 0.416 e. The molecule has 18 heavy (non-hydrogen) atoms. The lowest BCUT2D eigenvalue weighted by Crippen LogP contribution is -2.07. The minimum absolute atomic E-state index is 0.0997. The lowest BCUT2D eigenvalue weighted by atomic mass is 10.2. The largest absolute Gasteiger partial charge is 0.478 e. The first-order valence-electron chi connectivity index (χ1n) is 4.69. The number of carboxylic acid groups (broad SMARTS) is 1. The summed E-state index contributed by atoms with van der Waals surface area (Å²) in [6, 6.07) is 1.61. The molecule has 5 nitrogen and oxygen atoms in total. The highest BCUT2D eigenvalue weighted by molar-refractivity contribution is 5.86. The van der Waals surface area contributed by atoms with E-state index >= 15 is 0 Å². The van der Waals surface area contributed by atoms with Gasteiger partial charge in [0, 0.05) is 12.4 Å². The average Bonchev–Trinajstić information content (AvgIpc) is 2.77. The summed E-state index contributed by atoms with van der Waals surface area (Å²) in [7, 11) is 0. The van der Waals surface area contributed by atoms with Gasteiger partial charge in [-0.2, -0.15) is 18.3 Å². The molecule has 0 aliphatic rings. The van der Waals surface area contributed by atoms with Crippen molar-refractivity contribution in [3.8, 4) is 5.82 Å². The Bertz CT molecular complexity index is 592. The molecule has 94 valence electrons. The molecule has 0 spiro atoms. The van der Waals surface area contributed by atoms with Crippen LogP contribution in [0.15, 0.2) is 30.7 Å². The molecular formula is C10H6F3N3O2. The van der Waals surface area contributed by atoms with Gasteiger partial charge in [-0.05, 0) is 12.1 Å². The van der Waals surface area contributed by atoms with Crippen LogP contribution in [0, 0.1) is 0 Å². The molecule has 2 heterocycles. The Morgan fingerprint density at radius 3 is 2.67 bits per heavy atom. The van der Waals surface area contributed by atoms with Crippen LogP contribution in [0.25, 0.3) is 5.82 Å². The average molecular weight is 257 g/mol. The molecule has 0 radical (unpaired) electrons. The zero-order chi connectivity index (χ0) is 13.3. The molecule has 0 aliphatic heterocycles. The van der Waals surface area contributed by atoms with Crippen molar-refractivity contribution in [1.29, 1.82) is 0 Å². The Morgan fingerprint density at radius 1 is 1.39 bits per heavy atom. The van der Waals surface area contributed by atoms with Crippen molar-refractivity contribution >= 4 is 5.97 Å². The van der Waals surface area contributed by atoms with E-state index in [1.165, 1.54) is 0 Å². The third-order valence-electron chi connectivity index (χ3n) is 2.14. The third-order valence-corrected chi connectivity index (χ3v) is 2.14. The first-order valence-corrected chi connectivity index (χ1v) is 4.69. The zero-order valence-corrected chi connectivity index (χ0v) is 8.72. The molecule has 0 unspecified atom stereocenters. The monoisotopic (exact) mass is 257 g/mol. The van der Waals surface area contributed by atoms with Crippen molar-refractivity contribution in [2.45, 2.75) is 6.18 Å².